The van der Waals surface area contributed by atoms with Crippen LogP contribution in [0.5, 0.6) is 0 Å². The molecule has 5 rings (SSSR count). The predicted octanol–water partition coefficient (Wildman–Crippen LogP) is 3.69. The molecular weight excluding hydrogens is 378 g/mol. The zero-order valence-electron chi connectivity index (χ0n) is 17.4. The first kappa shape index (κ1) is 18.7. The van der Waals surface area contributed by atoms with Crippen molar-refractivity contribution in [2.45, 2.75) is 32.9 Å². The fourth-order valence-corrected chi connectivity index (χ4v) is 4.09. The summed E-state index contributed by atoms with van der Waals surface area (Å²) in [6, 6.07) is 8.69. The Kier molecular flexibility index (Phi) is 4.71. The van der Waals surface area contributed by atoms with Gasteiger partial charge in [0.2, 0.25) is 0 Å². The second kappa shape index (κ2) is 7.53. The van der Waals surface area contributed by atoms with Crippen molar-refractivity contribution in [2.24, 2.45) is 0 Å². The van der Waals surface area contributed by atoms with Gasteiger partial charge in [0, 0.05) is 42.1 Å². The Morgan fingerprint density at radius 2 is 2.07 bits per heavy atom. The maximum atomic E-state index is 5.65. The first-order chi connectivity index (χ1) is 14.6. The molecule has 4 aromatic rings. The highest BCUT2D eigenvalue weighted by molar-refractivity contribution is 6.01. The standard InChI is InChI=1S/C22H25N7O/c1-14(2)29-19(6-9-25-29)17-12-20(28-10-11-30-13-15(28)3)26-21-16(17)4-7-23-22(21)18-5-8-24-27-18/h4-9,12,14-15H,10-11,13H2,1-3H3,(H,24,27)/t15-/m1/s1. The minimum Gasteiger partial charge on any atom is -0.377 e. The summed E-state index contributed by atoms with van der Waals surface area (Å²) >= 11 is 0. The van der Waals surface area contributed by atoms with Crippen LogP contribution < -0.4 is 4.90 Å². The Hall–Kier alpha value is -3.26. The molecule has 0 aliphatic carbocycles. The van der Waals surface area contributed by atoms with Gasteiger partial charge >= 0.3 is 0 Å². The molecule has 0 radical (unpaired) electrons. The molecular formula is C22H25N7O. The highest BCUT2D eigenvalue weighted by Crippen LogP contribution is 2.36. The molecule has 1 aliphatic rings. The third-order valence-electron chi connectivity index (χ3n) is 5.57. The third kappa shape index (κ3) is 3.13. The van der Waals surface area contributed by atoms with Gasteiger partial charge in [-0.1, -0.05) is 0 Å². The van der Waals surface area contributed by atoms with E-state index < -0.39 is 0 Å². The maximum Gasteiger partial charge on any atom is 0.130 e. The van der Waals surface area contributed by atoms with Crippen LogP contribution in [0.4, 0.5) is 5.82 Å². The molecule has 8 heteroatoms. The second-order valence-electron chi connectivity index (χ2n) is 7.93. The molecule has 1 fully saturated rings. The molecule has 0 spiro atoms. The van der Waals surface area contributed by atoms with Crippen molar-refractivity contribution >= 4 is 16.7 Å². The summed E-state index contributed by atoms with van der Waals surface area (Å²) in [7, 11) is 0. The number of fused-ring (bicyclic) bond motifs is 1. The monoisotopic (exact) mass is 403 g/mol. The van der Waals surface area contributed by atoms with Crippen LogP contribution >= 0.6 is 0 Å². The van der Waals surface area contributed by atoms with Gasteiger partial charge in [-0.25, -0.2) is 4.98 Å². The largest absolute Gasteiger partial charge is 0.377 e. The van der Waals surface area contributed by atoms with Gasteiger partial charge in [-0.05, 0) is 45.0 Å². The number of aromatic nitrogens is 6. The topological polar surface area (TPSA) is 84.8 Å². The summed E-state index contributed by atoms with van der Waals surface area (Å²) in [5.41, 5.74) is 4.67. The zero-order chi connectivity index (χ0) is 20.7. The predicted molar refractivity (Wildman–Crippen MR) is 116 cm³/mol. The van der Waals surface area contributed by atoms with E-state index in [9.17, 15) is 0 Å². The van der Waals surface area contributed by atoms with Crippen molar-refractivity contribution in [2.75, 3.05) is 24.7 Å². The lowest BCUT2D eigenvalue weighted by atomic mass is 10.0. The molecule has 0 unspecified atom stereocenters. The number of nitrogens with one attached hydrogen (secondary N) is 1. The van der Waals surface area contributed by atoms with E-state index in [1.807, 2.05) is 24.5 Å². The van der Waals surface area contributed by atoms with Gasteiger partial charge in [0.05, 0.1) is 30.6 Å². The average molecular weight is 403 g/mol. The first-order valence-electron chi connectivity index (χ1n) is 10.3. The number of H-pyrrole nitrogens is 1. The quantitative estimate of drug-likeness (QED) is 0.559. The van der Waals surface area contributed by atoms with Crippen molar-refractivity contribution in [1.82, 2.24) is 29.9 Å². The van der Waals surface area contributed by atoms with Gasteiger partial charge in [-0.2, -0.15) is 10.2 Å². The number of hydrogen-bond donors (Lipinski definition) is 1. The Morgan fingerprint density at radius 3 is 2.83 bits per heavy atom. The van der Waals surface area contributed by atoms with Crippen LogP contribution in [0.3, 0.4) is 0 Å². The fourth-order valence-electron chi connectivity index (χ4n) is 4.09. The van der Waals surface area contributed by atoms with E-state index in [4.69, 9.17) is 9.72 Å². The minimum absolute atomic E-state index is 0.248. The molecule has 0 saturated carbocycles. The van der Waals surface area contributed by atoms with E-state index in [1.54, 1.807) is 6.20 Å². The third-order valence-corrected chi connectivity index (χ3v) is 5.57. The molecule has 1 N–H and O–H groups in total. The molecule has 4 aromatic heterocycles. The fraction of sp³-hybridized carbons (Fsp3) is 0.364. The van der Waals surface area contributed by atoms with E-state index in [-0.39, 0.29) is 12.1 Å². The minimum atomic E-state index is 0.248. The molecule has 0 amide bonds. The van der Waals surface area contributed by atoms with Crippen molar-refractivity contribution in [3.8, 4) is 22.6 Å². The number of aromatic amines is 1. The molecule has 1 aliphatic heterocycles. The normalized spacial score (nSPS) is 17.2. The summed E-state index contributed by atoms with van der Waals surface area (Å²) in [6.07, 6.45) is 5.42. The van der Waals surface area contributed by atoms with E-state index in [0.717, 1.165) is 45.9 Å². The Morgan fingerprint density at radius 1 is 1.17 bits per heavy atom. The highest BCUT2D eigenvalue weighted by atomic mass is 16.5. The molecule has 8 nitrogen and oxygen atoms in total. The number of nitrogens with zero attached hydrogens (tertiary/aromatic N) is 6. The Bertz CT molecular complexity index is 1170. The number of pyridine rings is 2. The van der Waals surface area contributed by atoms with Gasteiger partial charge in [0.1, 0.15) is 17.0 Å². The van der Waals surface area contributed by atoms with Crippen molar-refractivity contribution < 1.29 is 4.74 Å². The maximum absolute atomic E-state index is 5.65. The lowest BCUT2D eigenvalue weighted by Gasteiger charge is -2.34. The lowest BCUT2D eigenvalue weighted by molar-refractivity contribution is 0.0986. The van der Waals surface area contributed by atoms with E-state index in [1.165, 1.54) is 0 Å². The zero-order valence-corrected chi connectivity index (χ0v) is 17.4. The van der Waals surface area contributed by atoms with Gasteiger partial charge in [0.25, 0.3) is 0 Å². The lowest BCUT2D eigenvalue weighted by Crippen LogP contribution is -2.44. The van der Waals surface area contributed by atoms with Gasteiger partial charge in [-0.3, -0.25) is 14.8 Å². The molecule has 5 heterocycles. The van der Waals surface area contributed by atoms with E-state index in [2.05, 4.69) is 62.8 Å². The Balaban J connectivity index is 1.79. The van der Waals surface area contributed by atoms with Crippen LogP contribution in [0, 0.1) is 0 Å². The van der Waals surface area contributed by atoms with Crippen LogP contribution in [0.15, 0.2) is 42.9 Å². The van der Waals surface area contributed by atoms with Crippen LogP contribution in [0.25, 0.3) is 33.5 Å². The summed E-state index contributed by atoms with van der Waals surface area (Å²) in [6.45, 7) is 8.65. The van der Waals surface area contributed by atoms with Crippen LogP contribution in [-0.4, -0.2) is 55.7 Å². The van der Waals surface area contributed by atoms with Gasteiger partial charge in [0.15, 0.2) is 0 Å². The van der Waals surface area contributed by atoms with Crippen molar-refractivity contribution in [1.29, 1.82) is 0 Å². The SMILES string of the molecule is CC(C)n1nccc1-c1cc(N2CCOC[C@H]2C)nc2c(-c3ccn[nH]3)nccc12. The first-order valence-corrected chi connectivity index (χ1v) is 10.3. The van der Waals surface area contributed by atoms with Gasteiger partial charge in [-0.15, -0.1) is 0 Å². The van der Waals surface area contributed by atoms with Crippen LogP contribution in [0.2, 0.25) is 0 Å². The number of ether oxygens (including phenoxy) is 1. The highest BCUT2D eigenvalue weighted by Gasteiger charge is 2.24. The Labute approximate surface area is 174 Å². The molecule has 0 bridgehead atoms. The summed E-state index contributed by atoms with van der Waals surface area (Å²) < 4.78 is 7.70. The summed E-state index contributed by atoms with van der Waals surface area (Å²) in [4.78, 5) is 12.0. The van der Waals surface area contributed by atoms with Crippen LogP contribution in [0.1, 0.15) is 26.8 Å². The van der Waals surface area contributed by atoms with E-state index >= 15 is 0 Å². The summed E-state index contributed by atoms with van der Waals surface area (Å²) in [5, 5.41) is 12.7. The number of anilines is 1. The number of rotatable bonds is 4. The number of morpholine rings is 1. The summed E-state index contributed by atoms with van der Waals surface area (Å²) in [5.74, 6) is 0.929. The molecule has 0 aromatic carbocycles. The smallest absolute Gasteiger partial charge is 0.130 e. The van der Waals surface area contributed by atoms with Crippen molar-refractivity contribution in [3.63, 3.8) is 0 Å². The van der Waals surface area contributed by atoms with Crippen molar-refractivity contribution in [3.05, 3.63) is 42.9 Å². The average Bonchev–Trinajstić information content (AvgIpc) is 3.45. The molecule has 1 saturated heterocycles. The molecule has 30 heavy (non-hydrogen) atoms. The van der Waals surface area contributed by atoms with E-state index in [0.29, 0.717) is 13.2 Å². The molecule has 1 atom stereocenters. The van der Waals surface area contributed by atoms with Crippen LogP contribution in [-0.2, 0) is 4.74 Å². The second-order valence-corrected chi connectivity index (χ2v) is 7.93. The molecule has 154 valence electrons. The van der Waals surface area contributed by atoms with Gasteiger partial charge < -0.3 is 9.64 Å². The number of hydrogen-bond acceptors (Lipinski definition) is 6.